The molecule has 7 nitrogen and oxygen atoms in total. The Morgan fingerprint density at radius 1 is 1.19 bits per heavy atom. The number of nitrogens with zero attached hydrogens (tertiary/aromatic N) is 4. The van der Waals surface area contributed by atoms with Crippen LogP contribution >= 0.6 is 0 Å². The van der Waals surface area contributed by atoms with Crippen LogP contribution in [-0.2, 0) is 13.1 Å². The third kappa shape index (κ3) is 3.25. The van der Waals surface area contributed by atoms with E-state index in [0.717, 1.165) is 29.8 Å². The molecule has 0 unspecified atom stereocenters. The highest BCUT2D eigenvalue weighted by Gasteiger charge is 2.35. The molecule has 0 aliphatic carbocycles. The summed E-state index contributed by atoms with van der Waals surface area (Å²) in [6, 6.07) is 8.13. The molecule has 26 heavy (non-hydrogen) atoms. The molecule has 1 aromatic carbocycles. The molecule has 1 saturated heterocycles. The summed E-state index contributed by atoms with van der Waals surface area (Å²) >= 11 is 0. The molecule has 0 saturated carbocycles. The Hall–Kier alpha value is -2.22. The summed E-state index contributed by atoms with van der Waals surface area (Å²) in [7, 11) is 1.98. The molecule has 0 radical (unpaired) electrons. The fourth-order valence-electron chi connectivity index (χ4n) is 3.78. The molecule has 4 rings (SSSR count). The molecule has 0 amide bonds. The lowest BCUT2D eigenvalue weighted by Crippen LogP contribution is -2.40. The molecule has 2 aromatic heterocycles. The highest BCUT2D eigenvalue weighted by Crippen LogP contribution is 2.28. The number of hydrogen-bond donors (Lipinski definition) is 1. The van der Waals surface area contributed by atoms with Gasteiger partial charge in [-0.1, -0.05) is 18.2 Å². The summed E-state index contributed by atoms with van der Waals surface area (Å²) in [4.78, 5) is 4.35. The van der Waals surface area contributed by atoms with E-state index in [4.69, 9.17) is 8.83 Å². The Balaban J connectivity index is 1.45. The maximum atomic E-state index is 10.6. The Kier molecular flexibility index (Phi) is 4.52. The SMILES string of the molecule is Cc1nnc(CN(C)[C@H]2CN(Cc3c(C)oc4ccccc34)C[C@H]2O)o1. The van der Waals surface area contributed by atoms with E-state index >= 15 is 0 Å². The minimum Gasteiger partial charge on any atom is -0.461 e. The average Bonchev–Trinajstić information content (AvgIpc) is 3.26. The molecule has 1 aliphatic rings. The van der Waals surface area contributed by atoms with Crippen LogP contribution in [0.2, 0.25) is 0 Å². The van der Waals surface area contributed by atoms with Gasteiger partial charge >= 0.3 is 0 Å². The van der Waals surface area contributed by atoms with Gasteiger partial charge in [-0.05, 0) is 20.0 Å². The number of rotatable bonds is 5. The number of furan rings is 1. The summed E-state index contributed by atoms with van der Waals surface area (Å²) in [5.41, 5.74) is 2.11. The van der Waals surface area contributed by atoms with E-state index in [1.807, 2.05) is 32.2 Å². The molecule has 3 heterocycles. The van der Waals surface area contributed by atoms with E-state index in [-0.39, 0.29) is 6.04 Å². The fraction of sp³-hybridized carbons (Fsp3) is 0.474. The third-order valence-electron chi connectivity index (χ3n) is 5.14. The van der Waals surface area contributed by atoms with Crippen molar-refractivity contribution in [1.82, 2.24) is 20.0 Å². The van der Waals surface area contributed by atoms with Crippen LogP contribution in [-0.4, -0.2) is 57.4 Å². The van der Waals surface area contributed by atoms with Gasteiger partial charge < -0.3 is 13.9 Å². The minimum absolute atomic E-state index is 0.0284. The molecule has 2 atom stereocenters. The summed E-state index contributed by atoms with van der Waals surface area (Å²) in [6.45, 7) is 6.50. The first-order valence-electron chi connectivity index (χ1n) is 8.88. The van der Waals surface area contributed by atoms with E-state index in [9.17, 15) is 5.11 Å². The zero-order valence-electron chi connectivity index (χ0n) is 15.3. The number of fused-ring (bicyclic) bond motifs is 1. The molecular weight excluding hydrogens is 332 g/mol. The highest BCUT2D eigenvalue weighted by atomic mass is 16.4. The molecule has 3 aromatic rings. The second-order valence-corrected chi connectivity index (χ2v) is 7.09. The topological polar surface area (TPSA) is 78.8 Å². The summed E-state index contributed by atoms with van der Waals surface area (Å²) in [6.07, 6.45) is -0.414. The van der Waals surface area contributed by atoms with Crippen molar-refractivity contribution in [2.24, 2.45) is 0 Å². The monoisotopic (exact) mass is 356 g/mol. The van der Waals surface area contributed by atoms with Gasteiger partial charge in [0.25, 0.3) is 0 Å². The zero-order valence-corrected chi connectivity index (χ0v) is 15.3. The third-order valence-corrected chi connectivity index (χ3v) is 5.14. The van der Waals surface area contributed by atoms with E-state index in [2.05, 4.69) is 26.1 Å². The van der Waals surface area contributed by atoms with Crippen LogP contribution in [0.25, 0.3) is 11.0 Å². The fourth-order valence-corrected chi connectivity index (χ4v) is 3.78. The van der Waals surface area contributed by atoms with Crippen molar-refractivity contribution in [3.63, 3.8) is 0 Å². The maximum absolute atomic E-state index is 10.6. The smallest absolute Gasteiger partial charge is 0.230 e. The predicted molar refractivity (Wildman–Crippen MR) is 96.5 cm³/mol. The highest BCUT2D eigenvalue weighted by molar-refractivity contribution is 5.82. The molecule has 0 spiro atoms. The van der Waals surface area contributed by atoms with Crippen molar-refractivity contribution < 1.29 is 13.9 Å². The first kappa shape index (κ1) is 17.2. The lowest BCUT2D eigenvalue weighted by molar-refractivity contribution is 0.0899. The van der Waals surface area contributed by atoms with Crippen LogP contribution in [0.4, 0.5) is 0 Å². The van der Waals surface area contributed by atoms with Gasteiger partial charge in [0.05, 0.1) is 12.6 Å². The van der Waals surface area contributed by atoms with Gasteiger partial charge in [0.2, 0.25) is 11.8 Å². The van der Waals surface area contributed by atoms with Crippen molar-refractivity contribution in [2.75, 3.05) is 20.1 Å². The number of aromatic nitrogens is 2. The molecule has 1 fully saturated rings. The second-order valence-electron chi connectivity index (χ2n) is 7.09. The van der Waals surface area contributed by atoms with Gasteiger partial charge in [-0.15, -0.1) is 10.2 Å². The van der Waals surface area contributed by atoms with Crippen LogP contribution < -0.4 is 0 Å². The molecule has 1 aliphatic heterocycles. The average molecular weight is 356 g/mol. The molecule has 0 bridgehead atoms. The normalized spacial score (nSPS) is 21.3. The quantitative estimate of drug-likeness (QED) is 0.750. The van der Waals surface area contributed by atoms with Crippen LogP contribution in [0.3, 0.4) is 0 Å². The number of para-hydroxylation sites is 1. The molecule has 138 valence electrons. The minimum atomic E-state index is -0.414. The van der Waals surface area contributed by atoms with E-state index < -0.39 is 6.10 Å². The predicted octanol–water partition coefficient (Wildman–Crippen LogP) is 2.11. The summed E-state index contributed by atoms with van der Waals surface area (Å²) < 4.78 is 11.3. The molecule has 7 heteroatoms. The van der Waals surface area contributed by atoms with Gasteiger partial charge in [0.15, 0.2) is 0 Å². The number of hydrogen-bond acceptors (Lipinski definition) is 7. The van der Waals surface area contributed by atoms with Gasteiger partial charge in [-0.25, -0.2) is 0 Å². The van der Waals surface area contributed by atoms with Gasteiger partial charge in [0.1, 0.15) is 11.3 Å². The Bertz CT molecular complexity index is 903. The summed E-state index contributed by atoms with van der Waals surface area (Å²) in [5, 5.41) is 19.6. The summed E-state index contributed by atoms with van der Waals surface area (Å²) in [5.74, 6) is 2.08. The standard InChI is InChI=1S/C19H24N4O3/c1-12-15(14-6-4-5-7-18(14)25-12)8-23-9-16(17(24)10-23)22(3)11-19-21-20-13(2)26-19/h4-7,16-17,24H,8-11H2,1-3H3/t16-,17+/m0/s1. The van der Waals surface area contributed by atoms with Gasteiger partial charge in [0, 0.05) is 43.5 Å². The lowest BCUT2D eigenvalue weighted by Gasteiger charge is -2.25. The first-order chi connectivity index (χ1) is 12.5. The van der Waals surface area contributed by atoms with E-state index in [1.54, 1.807) is 6.92 Å². The molecule has 1 N–H and O–H groups in total. The van der Waals surface area contributed by atoms with Crippen LogP contribution in [0, 0.1) is 13.8 Å². The Morgan fingerprint density at radius 2 is 2.00 bits per heavy atom. The lowest BCUT2D eigenvalue weighted by atomic mass is 10.1. The largest absolute Gasteiger partial charge is 0.461 e. The van der Waals surface area contributed by atoms with Gasteiger partial charge in [-0.2, -0.15) is 0 Å². The van der Waals surface area contributed by atoms with Crippen molar-refractivity contribution in [3.8, 4) is 0 Å². The number of likely N-dealkylation sites (N-methyl/N-ethyl adjacent to an activating group) is 1. The number of aliphatic hydroxyl groups excluding tert-OH is 1. The first-order valence-corrected chi connectivity index (χ1v) is 8.88. The number of likely N-dealkylation sites (tertiary alicyclic amines) is 1. The van der Waals surface area contributed by atoms with E-state index in [0.29, 0.717) is 24.9 Å². The van der Waals surface area contributed by atoms with E-state index in [1.165, 1.54) is 5.56 Å². The molecular formula is C19H24N4O3. The second kappa shape index (κ2) is 6.83. The van der Waals surface area contributed by atoms with Crippen molar-refractivity contribution in [3.05, 3.63) is 47.4 Å². The zero-order chi connectivity index (χ0) is 18.3. The van der Waals surface area contributed by atoms with Crippen molar-refractivity contribution in [2.45, 2.75) is 39.1 Å². The van der Waals surface area contributed by atoms with Crippen molar-refractivity contribution >= 4 is 11.0 Å². The Morgan fingerprint density at radius 3 is 2.77 bits per heavy atom. The number of benzene rings is 1. The number of aryl methyl sites for hydroxylation is 2. The van der Waals surface area contributed by atoms with Crippen LogP contribution in [0.1, 0.15) is 23.1 Å². The van der Waals surface area contributed by atoms with Crippen LogP contribution in [0.5, 0.6) is 0 Å². The Labute approximate surface area is 152 Å². The maximum Gasteiger partial charge on any atom is 0.230 e. The van der Waals surface area contributed by atoms with Gasteiger partial charge in [-0.3, -0.25) is 9.80 Å². The number of aliphatic hydroxyl groups is 1. The number of β-amino-alcohol motifs (C(OH)–C–C–N with tert-alkyl or cyclic N) is 1. The van der Waals surface area contributed by atoms with Crippen LogP contribution in [0.15, 0.2) is 33.1 Å². The van der Waals surface area contributed by atoms with Crippen molar-refractivity contribution in [1.29, 1.82) is 0 Å².